The molecular formula is C25H31Br2N3O3S. The Balaban J connectivity index is 1.65. The number of nitrogens with zero attached hydrogens (tertiary/aromatic N) is 1. The molecule has 1 aliphatic rings. The van der Waals surface area contributed by atoms with E-state index in [1.54, 1.807) is 0 Å². The van der Waals surface area contributed by atoms with Crippen molar-refractivity contribution in [2.75, 3.05) is 18.1 Å². The number of hydrogen-bond acceptors (Lipinski definition) is 5. The number of halogens is 2. The van der Waals surface area contributed by atoms with Gasteiger partial charge in [-0.2, -0.15) is 12.6 Å². The fourth-order valence-corrected chi connectivity index (χ4v) is 5.79. The van der Waals surface area contributed by atoms with Gasteiger partial charge in [-0.05, 0) is 59.1 Å². The zero-order valence-corrected chi connectivity index (χ0v) is 23.3. The highest BCUT2D eigenvalue weighted by Gasteiger charge is 2.24. The minimum atomic E-state index is -0.842. The van der Waals surface area contributed by atoms with Gasteiger partial charge in [-0.1, -0.05) is 65.5 Å². The molecule has 0 radical (unpaired) electrons. The lowest BCUT2D eigenvalue weighted by Crippen LogP contribution is -2.45. The molecule has 2 N–H and O–H groups in total. The molecule has 1 fully saturated rings. The van der Waals surface area contributed by atoms with Crippen molar-refractivity contribution in [2.45, 2.75) is 57.3 Å². The number of ether oxygens (including phenoxy) is 1. The van der Waals surface area contributed by atoms with Crippen LogP contribution >= 0.6 is 44.5 Å². The summed E-state index contributed by atoms with van der Waals surface area (Å²) in [7, 11) is 2.14. The van der Waals surface area contributed by atoms with Crippen LogP contribution in [0, 0.1) is 0 Å². The number of anilines is 1. The van der Waals surface area contributed by atoms with Crippen LogP contribution in [0.25, 0.3) is 0 Å². The molecule has 9 heteroatoms. The zero-order valence-electron chi connectivity index (χ0n) is 19.2. The standard InChI is InChI=1S/C25H31Br2N3O3S/c1-30(20-10-6-3-7-11-20)14-18-12-19(26)13-21(27)23(18)29-24(31)22(16-34)28-25(32)33-15-17-8-4-2-5-9-17/h2,4-5,8-9,12-13,20,22,34H,3,6-7,10-11,14-16H2,1H3,(H,28,32)(H,29,31)/t22-/m0/s1. The van der Waals surface area contributed by atoms with Crippen molar-refractivity contribution >= 4 is 62.2 Å². The number of hydrogen-bond donors (Lipinski definition) is 3. The molecule has 6 nitrogen and oxygen atoms in total. The van der Waals surface area contributed by atoms with Gasteiger partial charge < -0.3 is 15.4 Å². The molecule has 0 aliphatic heterocycles. The lowest BCUT2D eigenvalue weighted by Gasteiger charge is -2.32. The molecule has 1 atom stereocenters. The summed E-state index contributed by atoms with van der Waals surface area (Å²) in [6.07, 6.45) is 5.56. The average molecular weight is 613 g/mol. The Morgan fingerprint density at radius 3 is 2.53 bits per heavy atom. The maximum Gasteiger partial charge on any atom is 0.408 e. The van der Waals surface area contributed by atoms with Gasteiger partial charge >= 0.3 is 6.09 Å². The van der Waals surface area contributed by atoms with Crippen LogP contribution in [0.3, 0.4) is 0 Å². The van der Waals surface area contributed by atoms with E-state index in [-0.39, 0.29) is 18.3 Å². The van der Waals surface area contributed by atoms with Gasteiger partial charge in [0.05, 0.1) is 5.69 Å². The Morgan fingerprint density at radius 1 is 1.15 bits per heavy atom. The summed E-state index contributed by atoms with van der Waals surface area (Å²) in [6.45, 7) is 0.833. The minimum Gasteiger partial charge on any atom is -0.445 e. The average Bonchev–Trinajstić information content (AvgIpc) is 2.84. The first-order valence-corrected chi connectivity index (χ1v) is 13.7. The van der Waals surface area contributed by atoms with Gasteiger partial charge in [-0.15, -0.1) is 0 Å². The Bertz CT molecular complexity index is 971. The number of thiol groups is 1. The van der Waals surface area contributed by atoms with E-state index in [1.807, 2.05) is 42.5 Å². The third-order valence-corrected chi connectivity index (χ3v) is 7.45. The molecule has 2 aromatic carbocycles. The second-order valence-corrected chi connectivity index (χ2v) is 10.7. The molecule has 2 amide bonds. The second kappa shape index (κ2) is 13.5. The Hall–Kier alpha value is -1.55. The third kappa shape index (κ3) is 8.00. The third-order valence-electron chi connectivity index (χ3n) is 6.01. The number of alkyl carbamates (subject to hydrolysis) is 1. The number of amides is 2. The number of rotatable bonds is 9. The highest BCUT2D eigenvalue weighted by Crippen LogP contribution is 2.33. The van der Waals surface area contributed by atoms with Crippen LogP contribution < -0.4 is 10.6 Å². The van der Waals surface area contributed by atoms with Crippen LogP contribution in [-0.4, -0.2) is 41.8 Å². The van der Waals surface area contributed by atoms with Gasteiger partial charge in [0.1, 0.15) is 12.6 Å². The maximum atomic E-state index is 13.1. The molecular weight excluding hydrogens is 582 g/mol. The van der Waals surface area contributed by atoms with Crippen LogP contribution in [0.1, 0.15) is 43.2 Å². The molecule has 2 aromatic rings. The van der Waals surface area contributed by atoms with Crippen molar-refractivity contribution in [3.05, 3.63) is 62.5 Å². The van der Waals surface area contributed by atoms with Gasteiger partial charge in [-0.3, -0.25) is 9.69 Å². The normalized spacial score (nSPS) is 15.1. The second-order valence-electron chi connectivity index (χ2n) is 8.56. The van der Waals surface area contributed by atoms with E-state index >= 15 is 0 Å². The molecule has 0 saturated heterocycles. The smallest absolute Gasteiger partial charge is 0.408 e. The van der Waals surface area contributed by atoms with Crippen molar-refractivity contribution in [1.29, 1.82) is 0 Å². The summed E-state index contributed by atoms with van der Waals surface area (Å²) in [4.78, 5) is 27.7. The monoisotopic (exact) mass is 611 g/mol. The highest BCUT2D eigenvalue weighted by atomic mass is 79.9. The summed E-state index contributed by atoms with van der Waals surface area (Å²) in [5.74, 6) is -0.214. The number of carbonyl (C=O) groups is 2. The quantitative estimate of drug-likeness (QED) is 0.298. The largest absolute Gasteiger partial charge is 0.445 e. The van der Waals surface area contributed by atoms with Crippen LogP contribution in [0.15, 0.2) is 51.4 Å². The van der Waals surface area contributed by atoms with Crippen LogP contribution in [-0.2, 0) is 22.7 Å². The van der Waals surface area contributed by atoms with Gasteiger partial charge in [-0.25, -0.2) is 4.79 Å². The van der Waals surface area contributed by atoms with Gasteiger partial charge in [0.2, 0.25) is 5.91 Å². The number of carbonyl (C=O) groups excluding carboxylic acids is 2. The van der Waals surface area contributed by atoms with Crippen LogP contribution in [0.5, 0.6) is 0 Å². The highest BCUT2D eigenvalue weighted by molar-refractivity contribution is 9.11. The SMILES string of the molecule is CN(Cc1cc(Br)cc(Br)c1NC(=O)[C@H](CS)NC(=O)OCc1ccccc1)C1CCCCC1. The van der Waals surface area contributed by atoms with Crippen molar-refractivity contribution in [3.8, 4) is 0 Å². The topological polar surface area (TPSA) is 70.7 Å². The van der Waals surface area contributed by atoms with Crippen molar-refractivity contribution < 1.29 is 14.3 Å². The molecule has 1 aliphatic carbocycles. The summed E-state index contributed by atoms with van der Waals surface area (Å²) in [6, 6.07) is 13.0. The van der Waals surface area contributed by atoms with E-state index in [0.717, 1.165) is 20.1 Å². The zero-order chi connectivity index (χ0) is 24.5. The Kier molecular flexibility index (Phi) is 10.8. The first-order valence-electron chi connectivity index (χ1n) is 11.4. The molecule has 0 heterocycles. The predicted octanol–water partition coefficient (Wildman–Crippen LogP) is 6.14. The summed E-state index contributed by atoms with van der Waals surface area (Å²) >= 11 is 11.4. The molecule has 34 heavy (non-hydrogen) atoms. The minimum absolute atomic E-state index is 0.128. The fourth-order valence-electron chi connectivity index (χ4n) is 4.12. The molecule has 3 rings (SSSR count). The van der Waals surface area contributed by atoms with Crippen molar-refractivity contribution in [1.82, 2.24) is 10.2 Å². The molecule has 0 bridgehead atoms. The summed E-state index contributed by atoms with van der Waals surface area (Å²) < 4.78 is 6.96. The number of nitrogens with one attached hydrogen (secondary N) is 2. The first kappa shape index (κ1) is 27.0. The lowest BCUT2D eigenvalue weighted by molar-refractivity contribution is -0.117. The molecule has 0 aromatic heterocycles. The van der Waals surface area contributed by atoms with E-state index in [0.29, 0.717) is 18.3 Å². The van der Waals surface area contributed by atoms with E-state index < -0.39 is 12.1 Å². The van der Waals surface area contributed by atoms with Gasteiger partial charge in [0.15, 0.2) is 0 Å². The summed E-state index contributed by atoms with van der Waals surface area (Å²) in [5, 5.41) is 5.61. The molecule has 184 valence electrons. The summed E-state index contributed by atoms with van der Waals surface area (Å²) in [5.41, 5.74) is 2.56. The Labute approximate surface area is 223 Å². The van der Waals surface area contributed by atoms with Crippen molar-refractivity contribution in [3.63, 3.8) is 0 Å². The van der Waals surface area contributed by atoms with Gasteiger partial charge in [0.25, 0.3) is 0 Å². The molecule has 1 saturated carbocycles. The van der Waals surface area contributed by atoms with Gasteiger partial charge in [0, 0.05) is 27.3 Å². The van der Waals surface area contributed by atoms with E-state index in [4.69, 9.17) is 4.74 Å². The Morgan fingerprint density at radius 2 is 1.85 bits per heavy atom. The maximum absolute atomic E-state index is 13.1. The predicted molar refractivity (Wildman–Crippen MR) is 146 cm³/mol. The molecule has 0 unspecified atom stereocenters. The number of benzene rings is 2. The van der Waals surface area contributed by atoms with E-state index in [1.165, 1.54) is 32.1 Å². The van der Waals surface area contributed by atoms with Crippen LogP contribution in [0.2, 0.25) is 0 Å². The lowest BCUT2D eigenvalue weighted by atomic mass is 9.94. The van der Waals surface area contributed by atoms with Crippen molar-refractivity contribution in [2.24, 2.45) is 0 Å². The van der Waals surface area contributed by atoms with E-state index in [2.05, 4.69) is 67.1 Å². The fraction of sp³-hybridized carbons (Fsp3) is 0.440. The first-order chi connectivity index (χ1) is 16.4. The van der Waals surface area contributed by atoms with Crippen LogP contribution in [0.4, 0.5) is 10.5 Å². The van der Waals surface area contributed by atoms with E-state index in [9.17, 15) is 9.59 Å². The molecule has 0 spiro atoms.